The molecule has 0 aromatic carbocycles. The van der Waals surface area contributed by atoms with Gasteiger partial charge in [-0.1, -0.05) is 5.92 Å². The minimum atomic E-state index is -1.38. The summed E-state index contributed by atoms with van der Waals surface area (Å²) in [4.78, 5) is 10.2. The van der Waals surface area contributed by atoms with Gasteiger partial charge in [-0.25, -0.2) is 0 Å². The molecular formula is C7H10O4. The van der Waals surface area contributed by atoms with Gasteiger partial charge in [-0.05, 0) is 5.92 Å². The van der Waals surface area contributed by atoms with Gasteiger partial charge >= 0.3 is 5.97 Å². The Bertz CT molecular complexity index is 177. The molecule has 0 saturated carbocycles. The van der Waals surface area contributed by atoms with Crippen molar-refractivity contribution in [3.05, 3.63) is 0 Å². The second kappa shape index (κ2) is 5.71. The van der Waals surface area contributed by atoms with Crippen LogP contribution in [-0.4, -0.2) is 29.1 Å². The predicted octanol–water partition coefficient (Wildman–Crippen LogP) is -0.746. The van der Waals surface area contributed by atoms with E-state index >= 15 is 0 Å². The van der Waals surface area contributed by atoms with Crippen molar-refractivity contribution in [2.24, 2.45) is 0 Å². The number of ether oxygens (including phenoxy) is 1. The molecule has 0 rings (SSSR count). The Kier molecular flexibility index (Phi) is 5.17. The van der Waals surface area contributed by atoms with Gasteiger partial charge in [0.1, 0.15) is 0 Å². The van der Waals surface area contributed by atoms with Gasteiger partial charge < -0.3 is 14.9 Å². The van der Waals surface area contributed by atoms with Crippen LogP contribution in [0, 0.1) is 11.8 Å². The third-order valence-corrected chi connectivity index (χ3v) is 0.740. The second-order valence-corrected chi connectivity index (χ2v) is 1.76. The van der Waals surface area contributed by atoms with E-state index in [1.165, 1.54) is 6.92 Å². The molecule has 4 nitrogen and oxygen atoms in total. The lowest BCUT2D eigenvalue weighted by atomic mass is 10.4. The van der Waals surface area contributed by atoms with Crippen LogP contribution in [0.1, 0.15) is 13.3 Å². The van der Waals surface area contributed by atoms with E-state index in [1.807, 2.05) is 0 Å². The second-order valence-electron chi connectivity index (χ2n) is 1.76. The molecule has 4 heteroatoms. The van der Waals surface area contributed by atoms with E-state index in [2.05, 4.69) is 16.6 Å². The van der Waals surface area contributed by atoms with Crippen LogP contribution in [0.2, 0.25) is 0 Å². The zero-order chi connectivity index (χ0) is 8.69. The van der Waals surface area contributed by atoms with Crippen molar-refractivity contribution >= 4 is 5.97 Å². The summed E-state index contributed by atoms with van der Waals surface area (Å²) in [7, 11) is 0. The summed E-state index contributed by atoms with van der Waals surface area (Å²) in [6.07, 6.45) is -1.11. The Balaban J connectivity index is 3.61. The number of esters is 1. The maximum Gasteiger partial charge on any atom is 0.305 e. The summed E-state index contributed by atoms with van der Waals surface area (Å²) in [5.74, 6) is 4.04. The van der Waals surface area contributed by atoms with Crippen LogP contribution >= 0.6 is 0 Å². The molecule has 0 spiro atoms. The first-order valence-corrected chi connectivity index (χ1v) is 3.11. The van der Waals surface area contributed by atoms with E-state index in [9.17, 15) is 4.79 Å². The lowest BCUT2D eigenvalue weighted by Gasteiger charge is -2.00. The molecule has 0 amide bonds. The zero-order valence-electron chi connectivity index (χ0n) is 6.20. The summed E-state index contributed by atoms with van der Waals surface area (Å²) in [6, 6.07) is 0. The topological polar surface area (TPSA) is 66.8 Å². The summed E-state index contributed by atoms with van der Waals surface area (Å²) in [5, 5.41) is 17.0. The van der Waals surface area contributed by atoms with Crippen LogP contribution in [0.25, 0.3) is 0 Å². The molecule has 1 atom stereocenters. The molecule has 0 fully saturated rings. The molecule has 0 aromatic rings. The Morgan fingerprint density at radius 1 is 1.73 bits per heavy atom. The van der Waals surface area contributed by atoms with Crippen molar-refractivity contribution in [2.45, 2.75) is 19.6 Å². The molecule has 62 valence electrons. The third kappa shape index (κ3) is 6.84. The largest absolute Gasteiger partial charge is 0.424 e. The van der Waals surface area contributed by atoms with E-state index in [0.717, 1.165) is 0 Å². The molecular weight excluding hydrogens is 148 g/mol. The molecule has 0 aliphatic rings. The minimum absolute atomic E-state index is 0.0697. The molecule has 0 aromatic heterocycles. The maximum absolute atomic E-state index is 10.2. The zero-order valence-corrected chi connectivity index (χ0v) is 6.20. The Morgan fingerprint density at radius 3 is 2.82 bits per heavy atom. The monoisotopic (exact) mass is 158 g/mol. The van der Waals surface area contributed by atoms with Crippen LogP contribution in [0.5, 0.6) is 0 Å². The van der Waals surface area contributed by atoms with Gasteiger partial charge in [0, 0.05) is 13.3 Å². The van der Waals surface area contributed by atoms with Gasteiger partial charge in [0.15, 0.2) is 0 Å². The highest BCUT2D eigenvalue weighted by Crippen LogP contribution is 1.84. The molecule has 11 heavy (non-hydrogen) atoms. The Morgan fingerprint density at radius 2 is 2.36 bits per heavy atom. The van der Waals surface area contributed by atoms with Crippen molar-refractivity contribution in [3.63, 3.8) is 0 Å². The summed E-state index contributed by atoms with van der Waals surface area (Å²) < 4.78 is 4.26. The summed E-state index contributed by atoms with van der Waals surface area (Å²) in [5.41, 5.74) is 0. The number of hydrogen-bond donors (Lipinski definition) is 2. The molecule has 0 radical (unpaired) electrons. The average molecular weight is 158 g/mol. The fourth-order valence-electron chi connectivity index (χ4n) is 0.402. The quantitative estimate of drug-likeness (QED) is 0.315. The highest BCUT2D eigenvalue weighted by atomic mass is 16.6. The van der Waals surface area contributed by atoms with E-state index in [1.54, 1.807) is 0 Å². The smallest absolute Gasteiger partial charge is 0.305 e. The first-order valence-electron chi connectivity index (χ1n) is 3.11. The van der Waals surface area contributed by atoms with E-state index in [0.29, 0.717) is 0 Å². The molecule has 0 saturated heterocycles. The Labute approximate surface area is 64.8 Å². The number of hydrogen-bond acceptors (Lipinski definition) is 4. The van der Waals surface area contributed by atoms with E-state index in [-0.39, 0.29) is 13.0 Å². The molecule has 0 aliphatic heterocycles. The fraction of sp³-hybridized carbons (Fsp3) is 0.571. The molecule has 2 N–H and O–H groups in total. The highest BCUT2D eigenvalue weighted by Gasteiger charge is 2.00. The SMILES string of the molecule is CC(=O)OC(O)C#CCCO. The normalized spacial score (nSPS) is 11.2. The van der Waals surface area contributed by atoms with E-state index in [4.69, 9.17) is 10.2 Å². The van der Waals surface area contributed by atoms with Crippen LogP contribution < -0.4 is 0 Å². The molecule has 0 bridgehead atoms. The summed E-state index contributed by atoms with van der Waals surface area (Å²) in [6.45, 7) is 1.11. The van der Waals surface area contributed by atoms with Gasteiger partial charge in [-0.15, -0.1) is 0 Å². The molecule has 0 heterocycles. The average Bonchev–Trinajstić information content (AvgIpc) is 1.86. The van der Waals surface area contributed by atoms with Crippen LogP contribution in [0.15, 0.2) is 0 Å². The van der Waals surface area contributed by atoms with Crippen LogP contribution in [0.4, 0.5) is 0 Å². The highest BCUT2D eigenvalue weighted by molar-refractivity contribution is 5.66. The van der Waals surface area contributed by atoms with E-state index < -0.39 is 12.3 Å². The van der Waals surface area contributed by atoms with Gasteiger partial charge in [0.2, 0.25) is 0 Å². The number of aliphatic hydroxyl groups excluding tert-OH is 2. The minimum Gasteiger partial charge on any atom is -0.424 e. The number of rotatable bonds is 2. The first-order chi connectivity index (χ1) is 5.16. The number of aliphatic hydroxyl groups is 2. The van der Waals surface area contributed by atoms with Crippen LogP contribution in [-0.2, 0) is 9.53 Å². The standard InChI is InChI=1S/C7H10O4/c1-6(9)11-7(10)4-2-3-5-8/h7-8,10H,3,5H2,1H3. The van der Waals surface area contributed by atoms with Crippen molar-refractivity contribution < 1.29 is 19.7 Å². The molecule has 0 aliphatic carbocycles. The van der Waals surface area contributed by atoms with Gasteiger partial charge in [0.05, 0.1) is 6.61 Å². The van der Waals surface area contributed by atoms with Gasteiger partial charge in [-0.2, -0.15) is 0 Å². The van der Waals surface area contributed by atoms with Crippen molar-refractivity contribution in [2.75, 3.05) is 6.61 Å². The fourth-order valence-corrected chi connectivity index (χ4v) is 0.402. The summed E-state index contributed by atoms with van der Waals surface area (Å²) >= 11 is 0. The van der Waals surface area contributed by atoms with Gasteiger partial charge in [-0.3, -0.25) is 4.79 Å². The van der Waals surface area contributed by atoms with Crippen molar-refractivity contribution in [1.29, 1.82) is 0 Å². The number of carbonyl (C=O) groups is 1. The van der Waals surface area contributed by atoms with Gasteiger partial charge in [0.25, 0.3) is 6.29 Å². The number of carbonyl (C=O) groups excluding carboxylic acids is 1. The van der Waals surface area contributed by atoms with Crippen molar-refractivity contribution in [1.82, 2.24) is 0 Å². The third-order valence-electron chi connectivity index (χ3n) is 0.740. The maximum atomic E-state index is 10.2. The lowest BCUT2D eigenvalue weighted by molar-refractivity contribution is -0.156. The predicted molar refractivity (Wildman–Crippen MR) is 37.3 cm³/mol. The Hall–Kier alpha value is -1.05. The van der Waals surface area contributed by atoms with Crippen molar-refractivity contribution in [3.8, 4) is 11.8 Å². The van der Waals surface area contributed by atoms with Crippen LogP contribution in [0.3, 0.4) is 0 Å². The molecule has 1 unspecified atom stereocenters. The lowest BCUT2D eigenvalue weighted by Crippen LogP contribution is -2.12. The first kappa shape index (κ1) is 9.95.